The van der Waals surface area contributed by atoms with Crippen LogP contribution < -0.4 is 0 Å². The van der Waals surface area contributed by atoms with E-state index in [1.165, 1.54) is 0 Å². The van der Waals surface area contributed by atoms with Gasteiger partial charge in [0.15, 0.2) is 0 Å². The van der Waals surface area contributed by atoms with Crippen molar-refractivity contribution >= 4 is 40.6 Å². The smallest absolute Gasteiger partial charge is 0.216 e. The molecule has 0 saturated carbocycles. The summed E-state index contributed by atoms with van der Waals surface area (Å²) in [6, 6.07) is 0. The average Bonchev–Trinajstić information content (AvgIpc) is 2.11. The molecule has 0 amide bonds. The van der Waals surface area contributed by atoms with Gasteiger partial charge in [-0.3, -0.25) is 4.79 Å². The van der Waals surface area contributed by atoms with Crippen LogP contribution in [0.2, 0.25) is 0 Å². The third-order valence-corrected chi connectivity index (χ3v) is 2.86. The topological polar surface area (TPSA) is 37.3 Å². The number of ketones is 1. The maximum atomic E-state index is 11.3. The zero-order valence-corrected chi connectivity index (χ0v) is 11.1. The van der Waals surface area contributed by atoms with E-state index in [4.69, 9.17) is 34.8 Å². The van der Waals surface area contributed by atoms with Crippen molar-refractivity contribution in [2.45, 2.75) is 55.3 Å². The maximum Gasteiger partial charge on any atom is 0.216 e. The Kier molecular flexibility index (Phi) is 7.98. The van der Waals surface area contributed by atoms with Crippen LogP contribution in [-0.4, -0.2) is 20.8 Å². The summed E-state index contributed by atoms with van der Waals surface area (Å²) >= 11 is 16.3. The van der Waals surface area contributed by atoms with E-state index < -0.39 is 9.90 Å². The van der Waals surface area contributed by atoms with E-state index in [0.29, 0.717) is 6.42 Å². The number of aliphatic hydroxyl groups excluding tert-OH is 1. The minimum Gasteiger partial charge on any atom is -0.388 e. The van der Waals surface area contributed by atoms with Gasteiger partial charge in [0.2, 0.25) is 3.79 Å². The van der Waals surface area contributed by atoms with Crippen molar-refractivity contribution in [3.05, 3.63) is 0 Å². The molecule has 0 aliphatic rings. The molecule has 0 unspecified atom stereocenters. The molecular weight excluding hydrogens is 258 g/mol. The number of rotatable bonds is 7. The van der Waals surface area contributed by atoms with Crippen molar-refractivity contribution in [2.75, 3.05) is 0 Å². The molecule has 1 N–H and O–H groups in total. The second-order valence-electron chi connectivity index (χ2n) is 3.61. The summed E-state index contributed by atoms with van der Waals surface area (Å²) in [4.78, 5) is 11.3. The lowest BCUT2D eigenvalue weighted by atomic mass is 10.1. The summed E-state index contributed by atoms with van der Waals surface area (Å²) in [6.07, 6.45) is 3.30. The molecule has 0 aromatic rings. The number of carbonyl (C=O) groups is 1. The van der Waals surface area contributed by atoms with Gasteiger partial charge in [-0.05, 0) is 6.42 Å². The maximum absolute atomic E-state index is 11.3. The van der Waals surface area contributed by atoms with Crippen LogP contribution in [0.15, 0.2) is 0 Å². The monoisotopic (exact) mass is 274 g/mol. The van der Waals surface area contributed by atoms with E-state index in [1.54, 1.807) is 0 Å². The molecule has 0 bridgehead atoms. The number of carbonyl (C=O) groups excluding carboxylic acids is 1. The number of aliphatic hydroxyl groups is 1. The molecule has 0 rings (SSSR count). The highest BCUT2D eigenvalue weighted by atomic mass is 35.6. The predicted octanol–water partition coefficient (Wildman–Crippen LogP) is 3.65. The largest absolute Gasteiger partial charge is 0.388 e. The summed E-state index contributed by atoms with van der Waals surface area (Å²) in [5.74, 6) is -0.0510. The molecule has 0 aliphatic carbocycles. The van der Waals surface area contributed by atoms with Gasteiger partial charge in [0.05, 0.1) is 0 Å². The van der Waals surface area contributed by atoms with E-state index >= 15 is 0 Å². The van der Waals surface area contributed by atoms with Crippen LogP contribution in [0.4, 0.5) is 0 Å². The average molecular weight is 276 g/mol. The molecule has 15 heavy (non-hydrogen) atoms. The van der Waals surface area contributed by atoms with Gasteiger partial charge in [0, 0.05) is 12.8 Å². The Balaban J connectivity index is 3.65. The Hall–Kier alpha value is 0.500. The fraction of sp³-hybridized carbons (Fsp3) is 0.900. The number of halogens is 3. The Morgan fingerprint density at radius 3 is 2.33 bits per heavy atom. The fourth-order valence-electron chi connectivity index (χ4n) is 1.18. The highest BCUT2D eigenvalue weighted by molar-refractivity contribution is 6.68. The van der Waals surface area contributed by atoms with Crippen molar-refractivity contribution in [3.8, 4) is 0 Å². The quantitative estimate of drug-likeness (QED) is 0.569. The first kappa shape index (κ1) is 15.5. The Bertz CT molecular complexity index is 190. The van der Waals surface area contributed by atoms with E-state index in [1.807, 2.05) is 0 Å². The van der Waals surface area contributed by atoms with Gasteiger partial charge < -0.3 is 5.11 Å². The molecule has 2 nitrogen and oxygen atoms in total. The lowest BCUT2D eigenvalue weighted by molar-refractivity contribution is -0.121. The summed E-state index contributed by atoms with van der Waals surface area (Å²) in [7, 11) is 0. The molecule has 0 aromatic heterocycles. The second kappa shape index (κ2) is 7.72. The second-order valence-corrected chi connectivity index (χ2v) is 5.98. The van der Waals surface area contributed by atoms with Crippen molar-refractivity contribution in [2.24, 2.45) is 0 Å². The minimum atomic E-state index is -1.76. The standard InChI is InChI=1S/C10H17Cl3O2/c1-2-3-4-5-6-8(14)7-9(15)10(11,12)13/h9,15H,2-7H2,1H3/t9-/m1/s1. The summed E-state index contributed by atoms with van der Waals surface area (Å²) < 4.78 is -1.76. The molecule has 0 spiro atoms. The molecule has 1 atom stereocenters. The normalized spacial score (nSPS) is 13.9. The zero-order valence-electron chi connectivity index (χ0n) is 8.81. The zero-order chi connectivity index (χ0) is 11.9. The van der Waals surface area contributed by atoms with Crippen molar-refractivity contribution in [3.63, 3.8) is 0 Å². The highest BCUT2D eigenvalue weighted by Gasteiger charge is 2.32. The number of hydrogen-bond donors (Lipinski definition) is 1. The van der Waals surface area contributed by atoms with Crippen LogP contribution in [0.5, 0.6) is 0 Å². The Morgan fingerprint density at radius 2 is 1.87 bits per heavy atom. The summed E-state index contributed by atoms with van der Waals surface area (Å²) in [5.41, 5.74) is 0. The highest BCUT2D eigenvalue weighted by Crippen LogP contribution is 2.32. The van der Waals surface area contributed by atoms with Gasteiger partial charge in [-0.25, -0.2) is 0 Å². The molecule has 0 heterocycles. The lowest BCUT2D eigenvalue weighted by Gasteiger charge is -2.17. The van der Waals surface area contributed by atoms with E-state index in [2.05, 4.69) is 6.92 Å². The van der Waals surface area contributed by atoms with Crippen LogP contribution in [0.1, 0.15) is 45.4 Å². The fourth-order valence-corrected chi connectivity index (χ4v) is 1.41. The minimum absolute atomic E-state index is 0.0510. The molecule has 0 aromatic carbocycles. The van der Waals surface area contributed by atoms with Crippen LogP contribution in [0, 0.1) is 0 Å². The molecule has 0 aliphatic heterocycles. The van der Waals surface area contributed by atoms with Crippen LogP contribution in [0.25, 0.3) is 0 Å². The van der Waals surface area contributed by atoms with Crippen molar-refractivity contribution in [1.82, 2.24) is 0 Å². The molecular formula is C10H17Cl3O2. The predicted molar refractivity (Wildman–Crippen MR) is 64.7 cm³/mol. The third-order valence-electron chi connectivity index (χ3n) is 2.11. The molecule has 0 saturated heterocycles. The van der Waals surface area contributed by atoms with Gasteiger partial charge in [0.1, 0.15) is 11.9 Å². The Labute approximate surface area is 106 Å². The van der Waals surface area contributed by atoms with Crippen LogP contribution >= 0.6 is 34.8 Å². The molecule has 0 fully saturated rings. The molecule has 90 valence electrons. The molecule has 5 heteroatoms. The van der Waals surface area contributed by atoms with Gasteiger partial charge in [-0.15, -0.1) is 0 Å². The first-order valence-corrected chi connectivity index (χ1v) is 6.27. The van der Waals surface area contributed by atoms with E-state index in [-0.39, 0.29) is 12.2 Å². The van der Waals surface area contributed by atoms with Gasteiger partial charge in [-0.2, -0.15) is 0 Å². The summed E-state index contributed by atoms with van der Waals surface area (Å²) in [6.45, 7) is 2.11. The first-order chi connectivity index (χ1) is 6.88. The van der Waals surface area contributed by atoms with Gasteiger partial charge >= 0.3 is 0 Å². The Morgan fingerprint density at radius 1 is 1.27 bits per heavy atom. The van der Waals surface area contributed by atoms with E-state index in [9.17, 15) is 9.90 Å². The van der Waals surface area contributed by atoms with Gasteiger partial charge in [0.25, 0.3) is 0 Å². The lowest BCUT2D eigenvalue weighted by Crippen LogP contribution is -2.27. The number of unbranched alkanes of at least 4 members (excludes halogenated alkanes) is 3. The van der Waals surface area contributed by atoms with Crippen LogP contribution in [-0.2, 0) is 4.79 Å². The number of alkyl halides is 3. The SMILES string of the molecule is CCCCCCC(=O)C[C@@H](O)C(Cl)(Cl)Cl. The van der Waals surface area contributed by atoms with Gasteiger partial charge in [-0.1, -0.05) is 61.0 Å². The van der Waals surface area contributed by atoms with Crippen LogP contribution in [0.3, 0.4) is 0 Å². The number of Topliss-reactive ketones (excluding diaryl/α,β-unsaturated/α-hetero) is 1. The number of hydrogen-bond acceptors (Lipinski definition) is 2. The van der Waals surface area contributed by atoms with E-state index in [0.717, 1.165) is 25.7 Å². The summed E-state index contributed by atoms with van der Waals surface area (Å²) in [5, 5.41) is 9.34. The van der Waals surface area contributed by atoms with Crippen molar-refractivity contribution in [1.29, 1.82) is 0 Å². The first-order valence-electron chi connectivity index (χ1n) is 5.14. The van der Waals surface area contributed by atoms with Crippen molar-refractivity contribution < 1.29 is 9.90 Å². The molecule has 0 radical (unpaired) electrons. The third kappa shape index (κ3) is 8.32.